The number of nitrogen functional groups attached to an aromatic ring is 1. The number of hydrogen-bond acceptors (Lipinski definition) is 3. The molecule has 0 aliphatic carbocycles. The molecule has 4 N–H and O–H groups in total. The number of aromatic nitrogens is 1. The Morgan fingerprint density at radius 2 is 1.72 bits per heavy atom. The predicted molar refractivity (Wildman–Crippen MR) is 129 cm³/mol. The Kier molecular flexibility index (Phi) is 6.08. The van der Waals surface area contributed by atoms with Crippen LogP contribution in [-0.4, -0.2) is 23.4 Å². The zero-order valence-electron chi connectivity index (χ0n) is 18.3. The van der Waals surface area contributed by atoms with Crippen molar-refractivity contribution in [1.29, 1.82) is 5.41 Å². The Balaban J connectivity index is 1.85. The van der Waals surface area contributed by atoms with Crippen LogP contribution in [0, 0.1) is 5.41 Å². The van der Waals surface area contributed by atoms with Crippen LogP contribution in [0.4, 0.5) is 0 Å². The summed E-state index contributed by atoms with van der Waals surface area (Å²) >= 11 is 0. The zero-order valence-corrected chi connectivity index (χ0v) is 18.3. The molecule has 4 rings (SSSR count). The van der Waals surface area contributed by atoms with Crippen molar-refractivity contribution in [3.8, 4) is 11.1 Å². The molecular formula is C27H27N3O2. The van der Waals surface area contributed by atoms with Gasteiger partial charge < -0.3 is 15.5 Å². The first-order valence-electron chi connectivity index (χ1n) is 10.9. The van der Waals surface area contributed by atoms with Crippen LogP contribution in [0.2, 0.25) is 0 Å². The maximum absolute atomic E-state index is 12.6. The number of carbonyl (C=O) groups excluding carboxylic acids is 1. The molecule has 4 aromatic rings. The Bertz CT molecular complexity index is 1290. The summed E-state index contributed by atoms with van der Waals surface area (Å²) in [4.78, 5) is 16.0. The second kappa shape index (κ2) is 9.10. The first-order chi connectivity index (χ1) is 15.5. The second-order valence-electron chi connectivity index (χ2n) is 7.73. The summed E-state index contributed by atoms with van der Waals surface area (Å²) in [5, 5.41) is 8.81. The second-order valence-corrected chi connectivity index (χ2v) is 7.73. The molecular weight excluding hydrogens is 398 g/mol. The molecule has 0 saturated heterocycles. The number of aromatic amines is 1. The van der Waals surface area contributed by atoms with E-state index in [-0.39, 0.29) is 17.7 Å². The SMILES string of the molecule is CCOC(=O)c1ccccc1-c1ccccc1C(CC)c1c[nH]c2cc(C(=N)N)ccc12. The lowest BCUT2D eigenvalue weighted by Gasteiger charge is -2.20. The molecule has 1 heterocycles. The van der Waals surface area contributed by atoms with Crippen LogP contribution in [0.15, 0.2) is 72.9 Å². The number of carbonyl (C=O) groups is 1. The van der Waals surface area contributed by atoms with Crippen LogP contribution < -0.4 is 5.73 Å². The fourth-order valence-corrected chi connectivity index (χ4v) is 4.36. The number of amidine groups is 1. The third kappa shape index (κ3) is 3.89. The molecule has 1 atom stereocenters. The van der Waals surface area contributed by atoms with Crippen molar-refractivity contribution in [2.75, 3.05) is 6.61 Å². The Morgan fingerprint density at radius 3 is 2.44 bits per heavy atom. The monoisotopic (exact) mass is 425 g/mol. The van der Waals surface area contributed by atoms with E-state index in [0.29, 0.717) is 17.7 Å². The summed E-state index contributed by atoms with van der Waals surface area (Å²) in [5.74, 6) is -0.135. The van der Waals surface area contributed by atoms with Gasteiger partial charge in [0, 0.05) is 28.6 Å². The largest absolute Gasteiger partial charge is 0.462 e. The molecule has 0 aliphatic rings. The van der Waals surface area contributed by atoms with Crippen molar-refractivity contribution in [3.05, 3.63) is 95.2 Å². The standard InChI is InChI=1S/C27H27N3O2/c1-3-18(24-16-30-25-15-17(26(28)29)13-14-22(24)25)19-9-5-6-10-20(19)21-11-7-8-12-23(21)27(31)32-4-2/h5-16,18,30H,3-4H2,1-2H3,(H3,28,29). The summed E-state index contributed by atoms with van der Waals surface area (Å²) in [5.41, 5.74) is 12.1. The minimum absolute atomic E-state index is 0.0519. The quantitative estimate of drug-likeness (QED) is 0.197. The van der Waals surface area contributed by atoms with Gasteiger partial charge in [-0.05, 0) is 47.7 Å². The summed E-state index contributed by atoms with van der Waals surface area (Å²) < 4.78 is 5.31. The van der Waals surface area contributed by atoms with E-state index in [9.17, 15) is 4.79 Å². The summed E-state index contributed by atoms with van der Waals surface area (Å²) in [6.07, 6.45) is 2.93. The van der Waals surface area contributed by atoms with Crippen LogP contribution in [0.5, 0.6) is 0 Å². The maximum Gasteiger partial charge on any atom is 0.338 e. The topological polar surface area (TPSA) is 92.0 Å². The molecule has 0 saturated carbocycles. The number of nitrogens with two attached hydrogens (primary N) is 1. The van der Waals surface area contributed by atoms with Crippen molar-refractivity contribution in [3.63, 3.8) is 0 Å². The third-order valence-corrected chi connectivity index (χ3v) is 5.86. The number of H-pyrrole nitrogens is 1. The van der Waals surface area contributed by atoms with Crippen LogP contribution in [0.1, 0.15) is 53.2 Å². The van der Waals surface area contributed by atoms with E-state index in [2.05, 4.69) is 24.0 Å². The molecule has 3 aromatic carbocycles. The van der Waals surface area contributed by atoms with Gasteiger partial charge in [0.25, 0.3) is 0 Å². The molecule has 32 heavy (non-hydrogen) atoms. The van der Waals surface area contributed by atoms with Crippen molar-refractivity contribution < 1.29 is 9.53 Å². The smallest absolute Gasteiger partial charge is 0.338 e. The first kappa shape index (κ1) is 21.4. The van der Waals surface area contributed by atoms with Crippen molar-refractivity contribution >= 4 is 22.7 Å². The van der Waals surface area contributed by atoms with Gasteiger partial charge in [-0.1, -0.05) is 61.5 Å². The fraction of sp³-hybridized carbons (Fsp3) is 0.185. The molecule has 0 fully saturated rings. The van der Waals surface area contributed by atoms with Crippen molar-refractivity contribution in [2.24, 2.45) is 5.73 Å². The third-order valence-electron chi connectivity index (χ3n) is 5.86. The maximum atomic E-state index is 12.6. The van der Waals surface area contributed by atoms with E-state index in [1.807, 2.05) is 67.7 Å². The molecule has 162 valence electrons. The van der Waals surface area contributed by atoms with Crippen LogP contribution in [0.3, 0.4) is 0 Å². The van der Waals surface area contributed by atoms with Gasteiger partial charge in [0.1, 0.15) is 5.84 Å². The van der Waals surface area contributed by atoms with Gasteiger partial charge in [-0.25, -0.2) is 4.79 Å². The van der Waals surface area contributed by atoms with Gasteiger partial charge in [-0.3, -0.25) is 5.41 Å². The highest BCUT2D eigenvalue weighted by atomic mass is 16.5. The van der Waals surface area contributed by atoms with E-state index in [1.54, 1.807) is 0 Å². The lowest BCUT2D eigenvalue weighted by atomic mass is 9.83. The molecule has 0 bridgehead atoms. The number of ether oxygens (including phenoxy) is 1. The van der Waals surface area contributed by atoms with Crippen LogP contribution >= 0.6 is 0 Å². The number of hydrogen-bond donors (Lipinski definition) is 3. The normalized spacial score (nSPS) is 11.9. The molecule has 1 unspecified atom stereocenters. The number of benzene rings is 3. The van der Waals surface area contributed by atoms with Gasteiger partial charge >= 0.3 is 5.97 Å². The first-order valence-corrected chi connectivity index (χ1v) is 10.9. The number of esters is 1. The molecule has 0 aliphatic heterocycles. The van der Waals surface area contributed by atoms with Crippen LogP contribution in [0.25, 0.3) is 22.0 Å². The van der Waals surface area contributed by atoms with E-state index in [4.69, 9.17) is 15.9 Å². The van der Waals surface area contributed by atoms with E-state index < -0.39 is 0 Å². The van der Waals surface area contributed by atoms with E-state index in [0.717, 1.165) is 34.0 Å². The molecule has 5 nitrogen and oxygen atoms in total. The number of rotatable bonds is 7. The van der Waals surface area contributed by atoms with Crippen LogP contribution in [-0.2, 0) is 4.74 Å². The highest BCUT2D eigenvalue weighted by Gasteiger charge is 2.22. The predicted octanol–water partition coefficient (Wildman–Crippen LogP) is 5.84. The fourth-order valence-electron chi connectivity index (χ4n) is 4.36. The Morgan fingerprint density at radius 1 is 1.00 bits per heavy atom. The zero-order chi connectivity index (χ0) is 22.7. The van der Waals surface area contributed by atoms with E-state index in [1.165, 1.54) is 5.56 Å². The summed E-state index contributed by atoms with van der Waals surface area (Å²) in [7, 11) is 0. The van der Waals surface area contributed by atoms with Gasteiger partial charge in [0.15, 0.2) is 0 Å². The average Bonchev–Trinajstić information content (AvgIpc) is 3.23. The number of fused-ring (bicyclic) bond motifs is 1. The molecule has 0 radical (unpaired) electrons. The Labute approximate surface area is 187 Å². The highest BCUT2D eigenvalue weighted by Crippen LogP contribution is 2.39. The van der Waals surface area contributed by atoms with Gasteiger partial charge in [-0.15, -0.1) is 0 Å². The molecule has 0 amide bonds. The molecule has 5 heteroatoms. The lowest BCUT2D eigenvalue weighted by Crippen LogP contribution is -2.10. The van der Waals surface area contributed by atoms with Gasteiger partial charge in [-0.2, -0.15) is 0 Å². The van der Waals surface area contributed by atoms with Gasteiger partial charge in [0.05, 0.1) is 12.2 Å². The lowest BCUT2D eigenvalue weighted by molar-refractivity contribution is 0.0527. The summed E-state index contributed by atoms with van der Waals surface area (Å²) in [6.45, 7) is 4.32. The molecule has 1 aromatic heterocycles. The van der Waals surface area contributed by atoms with Crippen molar-refractivity contribution in [1.82, 2.24) is 4.98 Å². The minimum Gasteiger partial charge on any atom is -0.462 e. The van der Waals surface area contributed by atoms with Crippen molar-refractivity contribution in [2.45, 2.75) is 26.2 Å². The Hall–Kier alpha value is -3.86. The minimum atomic E-state index is -0.310. The number of nitrogens with one attached hydrogen (secondary N) is 2. The highest BCUT2D eigenvalue weighted by molar-refractivity contribution is 6.00. The van der Waals surface area contributed by atoms with Gasteiger partial charge in [0.2, 0.25) is 0 Å². The summed E-state index contributed by atoms with van der Waals surface area (Å²) in [6, 6.07) is 21.7. The van der Waals surface area contributed by atoms with E-state index >= 15 is 0 Å². The average molecular weight is 426 g/mol. The molecule has 0 spiro atoms.